The largest absolute Gasteiger partial charge is 0.496 e. The third kappa shape index (κ3) is 3.85. The lowest BCUT2D eigenvalue weighted by Gasteiger charge is -2.10. The lowest BCUT2D eigenvalue weighted by atomic mass is 10.1. The van der Waals surface area contributed by atoms with Gasteiger partial charge in [0.2, 0.25) is 5.91 Å². The van der Waals surface area contributed by atoms with E-state index >= 15 is 0 Å². The Kier molecular flexibility index (Phi) is 5.08. The van der Waals surface area contributed by atoms with Crippen molar-refractivity contribution in [3.63, 3.8) is 0 Å². The van der Waals surface area contributed by atoms with E-state index in [9.17, 15) is 9.59 Å². The van der Waals surface area contributed by atoms with Crippen LogP contribution in [0, 0.1) is 19.8 Å². The third-order valence-corrected chi connectivity index (χ3v) is 5.45. The molecule has 1 N–H and O–H groups in total. The van der Waals surface area contributed by atoms with Crippen LogP contribution >= 0.6 is 11.3 Å². The number of benzene rings is 1. The Bertz CT molecular complexity index is 808. The highest BCUT2D eigenvalue weighted by Crippen LogP contribution is 2.36. The molecule has 6 heteroatoms. The fourth-order valence-corrected chi connectivity index (χ4v) is 3.61. The molecule has 0 unspecified atom stereocenters. The average Bonchev–Trinajstić information content (AvgIpc) is 3.41. The van der Waals surface area contributed by atoms with Crippen molar-refractivity contribution in [3.8, 4) is 5.75 Å². The molecule has 3 rings (SSSR count). The number of para-hydroxylation sites is 1. The predicted molar refractivity (Wildman–Crippen MR) is 97.3 cm³/mol. The summed E-state index contributed by atoms with van der Waals surface area (Å²) < 4.78 is 10.8. The van der Waals surface area contributed by atoms with Crippen LogP contribution in [0.1, 0.15) is 39.2 Å². The number of carbonyl (C=O) groups is 2. The second kappa shape index (κ2) is 7.27. The maximum atomic E-state index is 12.6. The summed E-state index contributed by atoms with van der Waals surface area (Å²) in [5.74, 6) is 0.315. The number of ether oxygens (including phenoxy) is 2. The van der Waals surface area contributed by atoms with E-state index in [0.29, 0.717) is 16.3 Å². The SMILES string of the molecule is COc1ccccc1COC(=O)c1c(NC(=O)C2CC2)sc(C)c1C. The fourth-order valence-electron chi connectivity index (χ4n) is 2.56. The van der Waals surface area contributed by atoms with Crippen molar-refractivity contribution in [2.45, 2.75) is 33.3 Å². The number of nitrogens with one attached hydrogen (secondary N) is 1. The summed E-state index contributed by atoms with van der Waals surface area (Å²) in [4.78, 5) is 25.7. The Balaban J connectivity index is 1.75. The molecule has 1 fully saturated rings. The van der Waals surface area contributed by atoms with Gasteiger partial charge in [-0.05, 0) is 38.3 Å². The smallest absolute Gasteiger partial charge is 0.341 e. The van der Waals surface area contributed by atoms with Gasteiger partial charge in [-0.3, -0.25) is 4.79 Å². The molecular formula is C19H21NO4S. The Hall–Kier alpha value is -2.34. The second-order valence-corrected chi connectivity index (χ2v) is 7.36. The summed E-state index contributed by atoms with van der Waals surface area (Å²) >= 11 is 1.41. The Morgan fingerprint density at radius 3 is 2.64 bits per heavy atom. The van der Waals surface area contributed by atoms with E-state index < -0.39 is 5.97 Å². The zero-order chi connectivity index (χ0) is 18.0. The summed E-state index contributed by atoms with van der Waals surface area (Å²) in [6, 6.07) is 7.41. The number of carbonyl (C=O) groups excluding carboxylic acids is 2. The zero-order valence-corrected chi connectivity index (χ0v) is 15.4. The van der Waals surface area contributed by atoms with Crippen molar-refractivity contribution in [3.05, 3.63) is 45.8 Å². The molecule has 1 aromatic heterocycles. The summed E-state index contributed by atoms with van der Waals surface area (Å²) in [6.45, 7) is 3.93. The maximum absolute atomic E-state index is 12.6. The summed E-state index contributed by atoms with van der Waals surface area (Å²) in [7, 11) is 1.58. The molecule has 0 atom stereocenters. The Morgan fingerprint density at radius 1 is 1.24 bits per heavy atom. The van der Waals surface area contributed by atoms with Gasteiger partial charge in [0.15, 0.2) is 0 Å². The number of amides is 1. The van der Waals surface area contributed by atoms with Gasteiger partial charge in [-0.25, -0.2) is 4.79 Å². The first-order valence-corrected chi connectivity index (χ1v) is 9.02. The molecule has 0 radical (unpaired) electrons. The maximum Gasteiger partial charge on any atom is 0.341 e. The number of esters is 1. The van der Waals surface area contributed by atoms with Gasteiger partial charge in [0.1, 0.15) is 17.4 Å². The Labute approximate surface area is 151 Å². The molecule has 1 aliphatic rings. The van der Waals surface area contributed by atoms with Crippen LogP contribution in [0.2, 0.25) is 0 Å². The second-order valence-electron chi connectivity index (χ2n) is 6.14. The first kappa shape index (κ1) is 17.5. The highest BCUT2D eigenvalue weighted by molar-refractivity contribution is 7.16. The number of rotatable bonds is 6. The molecule has 1 aliphatic carbocycles. The summed E-state index contributed by atoms with van der Waals surface area (Å²) in [5.41, 5.74) is 2.10. The van der Waals surface area contributed by atoms with Crippen LogP contribution < -0.4 is 10.1 Å². The molecule has 25 heavy (non-hydrogen) atoms. The molecular weight excluding hydrogens is 338 g/mol. The Morgan fingerprint density at radius 2 is 1.96 bits per heavy atom. The zero-order valence-electron chi connectivity index (χ0n) is 14.5. The molecule has 0 saturated heterocycles. The number of hydrogen-bond donors (Lipinski definition) is 1. The highest BCUT2D eigenvalue weighted by Gasteiger charge is 2.31. The summed E-state index contributed by atoms with van der Waals surface area (Å²) in [6.07, 6.45) is 1.84. The van der Waals surface area contributed by atoms with E-state index in [1.807, 2.05) is 38.1 Å². The fraction of sp³-hybridized carbons (Fsp3) is 0.368. The monoisotopic (exact) mass is 359 g/mol. The van der Waals surface area contributed by atoms with E-state index in [4.69, 9.17) is 9.47 Å². The van der Waals surface area contributed by atoms with Gasteiger partial charge in [-0.2, -0.15) is 0 Å². The van der Waals surface area contributed by atoms with Crippen LogP contribution in [0.25, 0.3) is 0 Å². The third-order valence-electron chi connectivity index (χ3n) is 4.33. The summed E-state index contributed by atoms with van der Waals surface area (Å²) in [5, 5.41) is 3.47. The topological polar surface area (TPSA) is 64.6 Å². The molecule has 132 valence electrons. The predicted octanol–water partition coefficient (Wildman–Crippen LogP) is 4.08. The van der Waals surface area contributed by atoms with Crippen LogP contribution in [0.4, 0.5) is 5.00 Å². The molecule has 1 heterocycles. The molecule has 0 spiro atoms. The van der Waals surface area contributed by atoms with Crippen LogP contribution in [-0.4, -0.2) is 19.0 Å². The first-order valence-electron chi connectivity index (χ1n) is 8.21. The number of aryl methyl sites for hydroxylation is 1. The van der Waals surface area contributed by atoms with Crippen LogP contribution in [0.5, 0.6) is 5.75 Å². The lowest BCUT2D eigenvalue weighted by Crippen LogP contribution is -2.16. The highest BCUT2D eigenvalue weighted by atomic mass is 32.1. The quantitative estimate of drug-likeness (QED) is 0.790. The van der Waals surface area contributed by atoms with Crippen molar-refractivity contribution >= 4 is 28.2 Å². The minimum absolute atomic E-state index is 0.0139. The van der Waals surface area contributed by atoms with Gasteiger partial charge < -0.3 is 14.8 Å². The molecule has 1 aromatic carbocycles. The average molecular weight is 359 g/mol. The van der Waals surface area contributed by atoms with Gasteiger partial charge in [0.05, 0.1) is 12.7 Å². The minimum atomic E-state index is -0.432. The van der Waals surface area contributed by atoms with Crippen LogP contribution in [0.15, 0.2) is 24.3 Å². The normalized spacial score (nSPS) is 13.4. The lowest BCUT2D eigenvalue weighted by molar-refractivity contribution is -0.117. The minimum Gasteiger partial charge on any atom is -0.496 e. The van der Waals surface area contributed by atoms with Gasteiger partial charge >= 0.3 is 5.97 Å². The number of methoxy groups -OCH3 is 1. The number of hydrogen-bond acceptors (Lipinski definition) is 5. The molecule has 1 amide bonds. The van der Waals surface area contributed by atoms with E-state index in [1.54, 1.807) is 7.11 Å². The van der Waals surface area contributed by atoms with Crippen molar-refractivity contribution in [2.24, 2.45) is 5.92 Å². The van der Waals surface area contributed by atoms with E-state index in [-0.39, 0.29) is 18.4 Å². The first-order chi connectivity index (χ1) is 12.0. The van der Waals surface area contributed by atoms with Gasteiger partial charge in [-0.1, -0.05) is 18.2 Å². The molecule has 1 saturated carbocycles. The standard InChI is InChI=1S/C19H21NO4S/c1-11-12(2)25-18(20-17(21)13-8-9-13)16(11)19(22)24-10-14-6-4-5-7-15(14)23-3/h4-7,13H,8-10H2,1-3H3,(H,20,21). The number of anilines is 1. The van der Waals surface area contributed by atoms with Crippen LogP contribution in [0.3, 0.4) is 0 Å². The van der Waals surface area contributed by atoms with Gasteiger partial charge in [-0.15, -0.1) is 11.3 Å². The van der Waals surface area contributed by atoms with Crippen molar-refractivity contribution in [2.75, 3.05) is 12.4 Å². The van der Waals surface area contributed by atoms with Gasteiger partial charge in [0, 0.05) is 16.4 Å². The van der Waals surface area contributed by atoms with E-state index in [2.05, 4.69) is 5.32 Å². The molecule has 0 aliphatic heterocycles. The van der Waals surface area contributed by atoms with E-state index in [0.717, 1.165) is 28.8 Å². The number of thiophene rings is 1. The molecule has 5 nitrogen and oxygen atoms in total. The molecule has 0 bridgehead atoms. The van der Waals surface area contributed by atoms with Crippen molar-refractivity contribution in [1.82, 2.24) is 0 Å². The molecule has 2 aromatic rings. The van der Waals surface area contributed by atoms with Crippen molar-refractivity contribution < 1.29 is 19.1 Å². The van der Waals surface area contributed by atoms with Crippen molar-refractivity contribution in [1.29, 1.82) is 0 Å². The van der Waals surface area contributed by atoms with E-state index in [1.165, 1.54) is 11.3 Å². The van der Waals surface area contributed by atoms with Gasteiger partial charge in [0.25, 0.3) is 0 Å². The van der Waals surface area contributed by atoms with Crippen LogP contribution in [-0.2, 0) is 16.1 Å².